The van der Waals surface area contributed by atoms with Crippen molar-refractivity contribution in [2.45, 2.75) is 20.3 Å². The lowest BCUT2D eigenvalue weighted by Gasteiger charge is -2.35. The molecule has 0 aromatic heterocycles. The Bertz CT molecular complexity index is 948. The molecule has 0 bridgehead atoms. The predicted octanol–water partition coefficient (Wildman–Crippen LogP) is 3.25. The molecule has 31 heavy (non-hydrogen) atoms. The van der Waals surface area contributed by atoms with E-state index < -0.39 is 7.26 Å². The molecule has 0 aliphatic carbocycles. The van der Waals surface area contributed by atoms with E-state index in [4.69, 9.17) is 0 Å². The summed E-state index contributed by atoms with van der Waals surface area (Å²) >= 11 is 0. The van der Waals surface area contributed by atoms with Crippen molar-refractivity contribution in [3.8, 4) is 0 Å². The molecule has 4 rings (SSSR count). The third-order valence-electron chi connectivity index (χ3n) is 5.78. The third-order valence-corrected chi connectivity index (χ3v) is 10.7. The number of halogens is 1. The summed E-state index contributed by atoms with van der Waals surface area (Å²) in [7, 11) is -1.81. The lowest BCUT2D eigenvalue weighted by Crippen LogP contribution is -3.00. The summed E-state index contributed by atoms with van der Waals surface area (Å²) in [5, 5.41) is 4.38. The minimum atomic E-state index is -1.81. The zero-order valence-corrected chi connectivity index (χ0v) is 20.8. The van der Waals surface area contributed by atoms with Crippen LogP contribution in [0.4, 0.5) is 0 Å². The molecule has 4 aromatic rings. The highest BCUT2D eigenvalue weighted by Crippen LogP contribution is 2.59. The Morgan fingerprint density at radius 2 is 0.839 bits per heavy atom. The molecular weight excluding hydrogens is 459 g/mol. The summed E-state index contributed by atoms with van der Waals surface area (Å²) in [6.07, 6.45) is 2.20. The molecule has 0 N–H and O–H groups in total. The van der Waals surface area contributed by atoms with Crippen molar-refractivity contribution < 1.29 is 17.0 Å². The standard InChI is InChI=1S/C29H30P.BrH/c1-29(2,23-25-15-7-3-8-16-25)24-30(26-17-9-4-10-18-26,27-19-11-5-12-20-27)28-21-13-6-14-22-28;/h3-22H,23-24H2,1-2H3;1H/q+1;/p-1. The maximum atomic E-state index is 2.43. The molecule has 0 saturated carbocycles. The molecule has 0 fully saturated rings. The van der Waals surface area contributed by atoms with Crippen LogP contribution < -0.4 is 32.9 Å². The van der Waals surface area contributed by atoms with E-state index in [0.717, 1.165) is 12.6 Å². The van der Waals surface area contributed by atoms with Crippen LogP contribution in [0.1, 0.15) is 19.4 Å². The smallest absolute Gasteiger partial charge is 0.112 e. The molecule has 0 atom stereocenters. The van der Waals surface area contributed by atoms with Crippen molar-refractivity contribution in [1.29, 1.82) is 0 Å². The first-order chi connectivity index (χ1) is 14.6. The maximum Gasteiger partial charge on any atom is 0.112 e. The first-order valence-corrected chi connectivity index (χ1v) is 12.7. The van der Waals surface area contributed by atoms with E-state index in [2.05, 4.69) is 135 Å². The van der Waals surface area contributed by atoms with Crippen molar-refractivity contribution in [3.63, 3.8) is 0 Å². The average Bonchev–Trinajstić information content (AvgIpc) is 2.80. The molecule has 158 valence electrons. The second kappa shape index (κ2) is 10.4. The first-order valence-electron chi connectivity index (χ1n) is 10.7. The van der Waals surface area contributed by atoms with Gasteiger partial charge in [0.15, 0.2) is 0 Å². The van der Waals surface area contributed by atoms with Gasteiger partial charge in [0.25, 0.3) is 0 Å². The van der Waals surface area contributed by atoms with Crippen LogP contribution in [-0.4, -0.2) is 6.16 Å². The van der Waals surface area contributed by atoms with E-state index >= 15 is 0 Å². The summed E-state index contributed by atoms with van der Waals surface area (Å²) in [5.41, 5.74) is 1.56. The largest absolute Gasteiger partial charge is 1.00 e. The third kappa shape index (κ3) is 5.35. The highest BCUT2D eigenvalue weighted by molar-refractivity contribution is 7.95. The maximum absolute atomic E-state index is 2.43. The Morgan fingerprint density at radius 1 is 0.516 bits per heavy atom. The number of rotatable bonds is 7. The topological polar surface area (TPSA) is 0 Å². The Balaban J connectivity index is 0.00000272. The minimum Gasteiger partial charge on any atom is -1.00 e. The van der Waals surface area contributed by atoms with Gasteiger partial charge in [0.05, 0.1) is 6.16 Å². The molecular formula is C29H30BrP. The van der Waals surface area contributed by atoms with Gasteiger partial charge in [-0.15, -0.1) is 0 Å². The second-order valence-electron chi connectivity index (χ2n) is 8.80. The van der Waals surface area contributed by atoms with E-state index in [-0.39, 0.29) is 22.4 Å². The van der Waals surface area contributed by atoms with E-state index in [0.29, 0.717) is 0 Å². The Labute approximate surface area is 198 Å². The summed E-state index contributed by atoms with van der Waals surface area (Å²) in [4.78, 5) is 0. The summed E-state index contributed by atoms with van der Waals surface area (Å²) < 4.78 is 0. The summed E-state index contributed by atoms with van der Waals surface area (Å²) in [5.74, 6) is 0. The van der Waals surface area contributed by atoms with E-state index in [9.17, 15) is 0 Å². The zero-order valence-electron chi connectivity index (χ0n) is 18.3. The molecule has 0 aliphatic rings. The average molecular weight is 489 g/mol. The fourth-order valence-corrected chi connectivity index (χ4v) is 9.50. The van der Waals surface area contributed by atoms with Crippen molar-refractivity contribution in [2.24, 2.45) is 5.41 Å². The number of hydrogen-bond acceptors (Lipinski definition) is 0. The zero-order chi connectivity index (χ0) is 20.9. The molecule has 4 aromatic carbocycles. The van der Waals surface area contributed by atoms with Gasteiger partial charge in [0.2, 0.25) is 0 Å². The van der Waals surface area contributed by atoms with Gasteiger partial charge in [-0.05, 0) is 48.4 Å². The van der Waals surface area contributed by atoms with Gasteiger partial charge in [-0.3, -0.25) is 0 Å². The van der Waals surface area contributed by atoms with E-state index in [1.54, 1.807) is 0 Å². The highest BCUT2D eigenvalue weighted by Gasteiger charge is 2.49. The van der Waals surface area contributed by atoms with Gasteiger partial charge in [-0.1, -0.05) is 98.8 Å². The monoisotopic (exact) mass is 488 g/mol. The van der Waals surface area contributed by atoms with Crippen LogP contribution in [-0.2, 0) is 6.42 Å². The van der Waals surface area contributed by atoms with Crippen LogP contribution in [0.2, 0.25) is 0 Å². The lowest BCUT2D eigenvalue weighted by molar-refractivity contribution is -0.00000652. The van der Waals surface area contributed by atoms with Crippen LogP contribution in [0.15, 0.2) is 121 Å². The predicted molar refractivity (Wildman–Crippen MR) is 134 cm³/mol. The molecule has 2 heteroatoms. The van der Waals surface area contributed by atoms with E-state index in [1.165, 1.54) is 21.5 Å². The van der Waals surface area contributed by atoms with Crippen LogP contribution in [0.3, 0.4) is 0 Å². The summed E-state index contributed by atoms with van der Waals surface area (Å²) in [6.45, 7) is 4.87. The van der Waals surface area contributed by atoms with Crippen LogP contribution in [0.25, 0.3) is 0 Å². The fourth-order valence-electron chi connectivity index (χ4n) is 4.61. The Hall–Kier alpha value is -2.21. The van der Waals surface area contributed by atoms with Crippen LogP contribution in [0.5, 0.6) is 0 Å². The van der Waals surface area contributed by atoms with E-state index in [1.807, 2.05) is 0 Å². The quantitative estimate of drug-likeness (QED) is 0.350. The van der Waals surface area contributed by atoms with Crippen molar-refractivity contribution >= 4 is 23.2 Å². The normalized spacial score (nSPS) is 11.5. The van der Waals surface area contributed by atoms with Crippen molar-refractivity contribution in [2.75, 3.05) is 6.16 Å². The van der Waals surface area contributed by atoms with Gasteiger partial charge in [0.1, 0.15) is 23.2 Å². The molecule has 0 nitrogen and oxygen atoms in total. The van der Waals surface area contributed by atoms with Gasteiger partial charge >= 0.3 is 0 Å². The van der Waals surface area contributed by atoms with Gasteiger partial charge < -0.3 is 17.0 Å². The minimum absolute atomic E-state index is 0. The second-order valence-corrected chi connectivity index (χ2v) is 12.3. The Kier molecular flexibility index (Phi) is 7.87. The number of benzene rings is 4. The molecule has 0 aliphatic heterocycles. The lowest BCUT2D eigenvalue weighted by atomic mass is 9.88. The van der Waals surface area contributed by atoms with Crippen molar-refractivity contribution in [3.05, 3.63) is 127 Å². The molecule has 0 saturated heterocycles. The van der Waals surface area contributed by atoms with Gasteiger partial charge in [-0.25, -0.2) is 0 Å². The molecule has 0 unspecified atom stereocenters. The van der Waals surface area contributed by atoms with Crippen molar-refractivity contribution in [1.82, 2.24) is 0 Å². The fraction of sp³-hybridized carbons (Fsp3) is 0.172. The molecule has 0 amide bonds. The van der Waals surface area contributed by atoms with Gasteiger partial charge in [0, 0.05) is 5.41 Å². The van der Waals surface area contributed by atoms with Crippen LogP contribution in [0, 0.1) is 5.41 Å². The molecule has 0 radical (unpaired) electrons. The van der Waals surface area contributed by atoms with Crippen LogP contribution >= 0.6 is 7.26 Å². The van der Waals surface area contributed by atoms with Gasteiger partial charge in [-0.2, -0.15) is 0 Å². The first kappa shape index (κ1) is 23.5. The highest BCUT2D eigenvalue weighted by atomic mass is 79.9. The molecule has 0 spiro atoms. The SMILES string of the molecule is CC(C)(Cc1ccccc1)C[P+](c1ccccc1)(c1ccccc1)c1ccccc1.[Br-]. The summed E-state index contributed by atoms with van der Waals surface area (Å²) in [6, 6.07) is 44.5. The number of hydrogen-bond donors (Lipinski definition) is 0. The Morgan fingerprint density at radius 3 is 1.19 bits per heavy atom. The molecule has 0 heterocycles.